The van der Waals surface area contributed by atoms with Crippen LogP contribution in [0.4, 0.5) is 8.78 Å². The van der Waals surface area contributed by atoms with E-state index in [4.69, 9.17) is 0 Å². The molecule has 0 saturated heterocycles. The summed E-state index contributed by atoms with van der Waals surface area (Å²) in [6, 6.07) is 18.5. The Morgan fingerprint density at radius 1 is 0.500 bits per heavy atom. The molecule has 0 nitrogen and oxygen atoms in total. The quantitative estimate of drug-likeness (QED) is 0.200. The van der Waals surface area contributed by atoms with Crippen molar-refractivity contribution >= 4 is 0 Å². The van der Waals surface area contributed by atoms with E-state index in [1.807, 2.05) is 36.4 Å². The van der Waals surface area contributed by atoms with Crippen molar-refractivity contribution in [1.29, 1.82) is 0 Å². The number of benzene rings is 3. The molecule has 186 valence electrons. The molecule has 0 aliphatic heterocycles. The third-order valence-electron chi connectivity index (χ3n) is 6.27. The van der Waals surface area contributed by atoms with Gasteiger partial charge in [-0.3, -0.25) is 0 Å². The van der Waals surface area contributed by atoms with Crippen molar-refractivity contribution in [3.05, 3.63) is 106 Å². The van der Waals surface area contributed by atoms with Crippen LogP contribution in [-0.4, -0.2) is 0 Å². The Morgan fingerprint density at radius 3 is 1.44 bits per heavy atom. The molecule has 0 unspecified atom stereocenters. The third kappa shape index (κ3) is 9.02. The van der Waals surface area contributed by atoms with Crippen LogP contribution in [0.2, 0.25) is 0 Å². The van der Waals surface area contributed by atoms with Gasteiger partial charge in [-0.1, -0.05) is 100 Å². The molecule has 0 amide bonds. The number of hydrogen-bond donors (Lipinski definition) is 0. The van der Waals surface area contributed by atoms with Crippen molar-refractivity contribution in [2.75, 3.05) is 0 Å². The minimum absolute atomic E-state index is 0.225. The first-order valence-corrected chi connectivity index (χ1v) is 13.3. The average Bonchev–Trinajstić information content (AvgIpc) is 2.88. The summed E-state index contributed by atoms with van der Waals surface area (Å²) in [7, 11) is 0. The molecule has 0 aromatic heterocycles. The molecule has 0 fully saturated rings. The monoisotopic (exact) mass is 482 g/mol. The highest BCUT2D eigenvalue weighted by Crippen LogP contribution is 2.16. The molecule has 0 radical (unpaired) electrons. The lowest BCUT2D eigenvalue weighted by Crippen LogP contribution is -1.93. The van der Waals surface area contributed by atoms with Crippen LogP contribution in [0.25, 0.3) is 0 Å². The first-order valence-electron chi connectivity index (χ1n) is 13.3. The zero-order chi connectivity index (χ0) is 25.6. The summed E-state index contributed by atoms with van der Waals surface area (Å²) < 4.78 is 29.2. The summed E-state index contributed by atoms with van der Waals surface area (Å²) in [6.07, 6.45) is 12.0. The predicted molar refractivity (Wildman–Crippen MR) is 147 cm³/mol. The van der Waals surface area contributed by atoms with Crippen LogP contribution in [0.1, 0.15) is 98.6 Å². The van der Waals surface area contributed by atoms with Gasteiger partial charge < -0.3 is 0 Å². The maximum atomic E-state index is 14.6. The van der Waals surface area contributed by atoms with Crippen LogP contribution in [0.5, 0.6) is 0 Å². The molecule has 3 rings (SSSR count). The van der Waals surface area contributed by atoms with Gasteiger partial charge in [0.25, 0.3) is 0 Å². The molecule has 0 bridgehead atoms. The van der Waals surface area contributed by atoms with Crippen molar-refractivity contribution in [2.24, 2.45) is 0 Å². The van der Waals surface area contributed by atoms with Crippen molar-refractivity contribution in [3.8, 4) is 23.7 Å². The first kappa shape index (κ1) is 27.2. The van der Waals surface area contributed by atoms with Crippen LogP contribution >= 0.6 is 0 Å². The van der Waals surface area contributed by atoms with Gasteiger partial charge in [0.05, 0.1) is 5.56 Å². The largest absolute Gasteiger partial charge is 0.205 e. The normalized spacial score (nSPS) is 10.3. The Hall–Kier alpha value is -3.36. The Balaban J connectivity index is 1.62. The van der Waals surface area contributed by atoms with Gasteiger partial charge in [-0.05, 0) is 73.2 Å². The van der Waals surface area contributed by atoms with Crippen LogP contribution in [-0.2, 0) is 12.8 Å². The Labute approximate surface area is 216 Å². The van der Waals surface area contributed by atoms with Crippen molar-refractivity contribution < 1.29 is 8.78 Å². The second-order valence-electron chi connectivity index (χ2n) is 9.33. The zero-order valence-corrected chi connectivity index (χ0v) is 21.6. The number of unbranched alkanes of at least 4 members (excludes halogenated alkanes) is 6. The summed E-state index contributed by atoms with van der Waals surface area (Å²) in [5, 5.41) is 0. The molecule has 0 spiro atoms. The average molecular weight is 483 g/mol. The van der Waals surface area contributed by atoms with E-state index in [-0.39, 0.29) is 5.56 Å². The summed E-state index contributed by atoms with van der Waals surface area (Å²) in [6.45, 7) is 4.41. The topological polar surface area (TPSA) is 0 Å². The van der Waals surface area contributed by atoms with E-state index in [0.29, 0.717) is 5.56 Å². The van der Waals surface area contributed by atoms with E-state index in [1.165, 1.54) is 74.6 Å². The SMILES string of the molecule is CCCCCCCc1ccc(C#Cc2c(F)cc(C#Cc3ccc(CCCCC)cc3)cc2F)cc1. The minimum Gasteiger partial charge on any atom is -0.205 e. The molecule has 0 saturated carbocycles. The second-order valence-corrected chi connectivity index (χ2v) is 9.33. The van der Waals surface area contributed by atoms with Crippen LogP contribution in [0.3, 0.4) is 0 Å². The van der Waals surface area contributed by atoms with E-state index in [2.05, 4.69) is 49.7 Å². The van der Waals surface area contributed by atoms with Crippen molar-refractivity contribution in [1.82, 2.24) is 0 Å². The lowest BCUT2D eigenvalue weighted by molar-refractivity contribution is 0.577. The van der Waals surface area contributed by atoms with Gasteiger partial charge in [0.1, 0.15) is 11.6 Å². The highest BCUT2D eigenvalue weighted by atomic mass is 19.1. The summed E-state index contributed by atoms with van der Waals surface area (Å²) in [5.74, 6) is 10.0. The number of rotatable bonds is 10. The number of halogens is 2. The molecule has 3 aromatic rings. The molecule has 0 heterocycles. The lowest BCUT2D eigenvalue weighted by atomic mass is 10.0. The number of aryl methyl sites for hydroxylation is 2. The fraction of sp³-hybridized carbons (Fsp3) is 0.353. The number of hydrogen-bond acceptors (Lipinski definition) is 0. The maximum absolute atomic E-state index is 14.6. The van der Waals surface area contributed by atoms with Crippen LogP contribution in [0.15, 0.2) is 60.7 Å². The van der Waals surface area contributed by atoms with Gasteiger partial charge in [-0.25, -0.2) is 8.78 Å². The van der Waals surface area contributed by atoms with Gasteiger partial charge in [0.15, 0.2) is 0 Å². The Morgan fingerprint density at radius 2 is 0.917 bits per heavy atom. The molecule has 0 atom stereocenters. The second kappa shape index (κ2) is 14.9. The molecular formula is C34H36F2. The van der Waals surface area contributed by atoms with Gasteiger partial charge in [0, 0.05) is 16.7 Å². The van der Waals surface area contributed by atoms with Crippen molar-refractivity contribution in [3.63, 3.8) is 0 Å². The van der Waals surface area contributed by atoms with Gasteiger partial charge in [-0.15, -0.1) is 0 Å². The maximum Gasteiger partial charge on any atom is 0.143 e. The first-order chi connectivity index (χ1) is 17.6. The highest BCUT2D eigenvalue weighted by molar-refractivity contribution is 5.49. The Kier molecular flexibility index (Phi) is 11.3. The van der Waals surface area contributed by atoms with Gasteiger partial charge >= 0.3 is 0 Å². The smallest absolute Gasteiger partial charge is 0.143 e. The van der Waals surface area contributed by atoms with E-state index < -0.39 is 11.6 Å². The predicted octanol–water partition coefficient (Wildman–Crippen LogP) is 9.01. The van der Waals surface area contributed by atoms with E-state index in [0.717, 1.165) is 24.0 Å². The van der Waals surface area contributed by atoms with E-state index in [1.54, 1.807) is 0 Å². The summed E-state index contributed by atoms with van der Waals surface area (Å²) in [5.41, 5.74) is 4.19. The fourth-order valence-electron chi connectivity index (χ4n) is 4.07. The third-order valence-corrected chi connectivity index (χ3v) is 6.27. The molecule has 0 aliphatic carbocycles. The van der Waals surface area contributed by atoms with Crippen molar-refractivity contribution in [2.45, 2.75) is 78.1 Å². The molecule has 2 heteroatoms. The lowest BCUT2D eigenvalue weighted by Gasteiger charge is -2.02. The molecule has 0 N–H and O–H groups in total. The van der Waals surface area contributed by atoms with Gasteiger partial charge in [-0.2, -0.15) is 0 Å². The fourth-order valence-corrected chi connectivity index (χ4v) is 4.07. The van der Waals surface area contributed by atoms with Crippen LogP contribution in [0, 0.1) is 35.3 Å². The molecule has 0 aliphatic rings. The molecule has 36 heavy (non-hydrogen) atoms. The zero-order valence-electron chi connectivity index (χ0n) is 21.6. The standard InChI is InChI=1S/C34H36F2/c1-3-5-7-8-10-12-28-15-19-30(20-16-28)23-24-32-33(35)25-31(26-34(32)36)22-21-29-17-13-27(14-18-29)11-9-6-4-2/h13-20,25-26H,3-12H2,1-2H3. The summed E-state index contributed by atoms with van der Waals surface area (Å²) in [4.78, 5) is 0. The van der Waals surface area contributed by atoms with Crippen LogP contribution < -0.4 is 0 Å². The minimum atomic E-state index is -0.693. The van der Waals surface area contributed by atoms with Gasteiger partial charge in [0.2, 0.25) is 0 Å². The summed E-state index contributed by atoms with van der Waals surface area (Å²) >= 11 is 0. The van der Waals surface area contributed by atoms with E-state index >= 15 is 0 Å². The van der Waals surface area contributed by atoms with E-state index in [9.17, 15) is 8.78 Å². The Bertz CT molecular complexity index is 1190. The molecular weight excluding hydrogens is 446 g/mol. The highest BCUT2D eigenvalue weighted by Gasteiger charge is 2.08. The molecule has 3 aromatic carbocycles.